The Morgan fingerprint density at radius 2 is 1.83 bits per heavy atom. The van der Waals surface area contributed by atoms with Gasteiger partial charge in [0, 0.05) is 7.05 Å². The smallest absolute Gasteiger partial charge is 0.455 e. The van der Waals surface area contributed by atoms with Crippen molar-refractivity contribution in [2.24, 2.45) is 5.92 Å². The van der Waals surface area contributed by atoms with Crippen LogP contribution in [0.2, 0.25) is 0 Å². The molecule has 7 nitrogen and oxygen atoms in total. The monoisotopic (exact) mass is 423 g/mol. The first-order valence-corrected chi connectivity index (χ1v) is 8.37. The van der Waals surface area contributed by atoms with Crippen LogP contribution in [-0.4, -0.2) is 56.1 Å². The molecule has 1 aliphatic heterocycles. The predicted octanol–water partition coefficient (Wildman–Crippen LogP) is 1.48. The molecule has 0 radical (unpaired) electrons. The lowest BCUT2D eigenvalue weighted by Gasteiger charge is -2.23. The highest BCUT2D eigenvalue weighted by molar-refractivity contribution is 6.04. The van der Waals surface area contributed by atoms with Crippen LogP contribution in [0, 0.1) is 5.92 Å². The van der Waals surface area contributed by atoms with E-state index < -0.39 is 48.3 Å². The zero-order valence-corrected chi connectivity index (χ0v) is 15.3. The fourth-order valence-corrected chi connectivity index (χ4v) is 2.42. The topological polar surface area (TPSA) is 87.7 Å². The van der Waals surface area contributed by atoms with E-state index in [1.165, 1.54) is 17.3 Å². The molecule has 0 saturated heterocycles. The molecule has 1 heterocycles. The molecule has 0 saturated carbocycles. The summed E-state index contributed by atoms with van der Waals surface area (Å²) in [5.41, 5.74) is 0.453. The second-order valence-corrected chi connectivity index (χ2v) is 6.38. The fraction of sp³-hybridized carbons (Fsp3) is 0.471. The fourth-order valence-electron chi connectivity index (χ4n) is 2.42. The van der Waals surface area contributed by atoms with Crippen LogP contribution in [-0.2, 0) is 14.4 Å². The maximum absolute atomic E-state index is 12.9. The van der Waals surface area contributed by atoms with E-state index in [1.54, 1.807) is 24.3 Å². The minimum absolute atomic E-state index is 0.258. The molecule has 12 heteroatoms. The van der Waals surface area contributed by atoms with E-state index in [2.05, 4.69) is 5.32 Å². The van der Waals surface area contributed by atoms with Gasteiger partial charge >= 0.3 is 12.1 Å². The summed E-state index contributed by atoms with van der Waals surface area (Å²) in [7, 11) is 1.45. The van der Waals surface area contributed by atoms with E-state index in [4.69, 9.17) is 4.74 Å². The normalized spacial score (nSPS) is 18.2. The number of benzene rings is 1. The molecular formula is C17H18F5N3O4. The van der Waals surface area contributed by atoms with Gasteiger partial charge in [-0.2, -0.15) is 22.0 Å². The standard InChI is InChI=1S/C17H18F5N3O4/c1-9(13(26)23-8-16(18,19)17(20,21)22)14(27)24-10-7-29-12-6-4-3-5-11(12)25(2)15(10)28/h3-6,9-10H,7-8H2,1-2H3,(H,23,26)(H,24,27). The third-order valence-corrected chi connectivity index (χ3v) is 4.26. The zero-order valence-electron chi connectivity index (χ0n) is 15.3. The van der Waals surface area contributed by atoms with Gasteiger partial charge in [0.2, 0.25) is 11.8 Å². The van der Waals surface area contributed by atoms with Crippen molar-refractivity contribution in [3.05, 3.63) is 24.3 Å². The highest BCUT2D eigenvalue weighted by atomic mass is 19.4. The summed E-state index contributed by atoms with van der Waals surface area (Å²) in [5, 5.41) is 3.65. The number of likely N-dealkylation sites (N-methyl/N-ethyl adjacent to an activating group) is 1. The van der Waals surface area contributed by atoms with Gasteiger partial charge in [-0.1, -0.05) is 12.1 Å². The third kappa shape index (κ3) is 4.93. The molecule has 29 heavy (non-hydrogen) atoms. The highest BCUT2D eigenvalue weighted by Gasteiger charge is 2.57. The number of para-hydroxylation sites is 2. The first kappa shape index (κ1) is 22.4. The number of rotatable bonds is 5. The minimum Gasteiger partial charge on any atom is -0.489 e. The lowest BCUT2D eigenvalue weighted by molar-refractivity contribution is -0.278. The minimum atomic E-state index is -5.84. The van der Waals surface area contributed by atoms with Gasteiger partial charge in [-0.05, 0) is 19.1 Å². The number of fused-ring (bicyclic) bond motifs is 1. The van der Waals surface area contributed by atoms with Gasteiger partial charge < -0.3 is 20.3 Å². The van der Waals surface area contributed by atoms with Gasteiger partial charge in [-0.3, -0.25) is 14.4 Å². The number of carbonyl (C=O) groups excluding carboxylic acids is 3. The number of ether oxygens (including phenoxy) is 1. The molecule has 2 N–H and O–H groups in total. The molecule has 0 fully saturated rings. The summed E-state index contributed by atoms with van der Waals surface area (Å²) < 4.78 is 67.7. The summed E-state index contributed by atoms with van der Waals surface area (Å²) in [6.07, 6.45) is -5.84. The van der Waals surface area contributed by atoms with E-state index in [9.17, 15) is 36.3 Å². The van der Waals surface area contributed by atoms with Crippen LogP contribution in [0.5, 0.6) is 5.75 Å². The maximum atomic E-state index is 12.9. The van der Waals surface area contributed by atoms with Gasteiger partial charge in [0.1, 0.15) is 24.3 Å². The largest absolute Gasteiger partial charge is 0.489 e. The van der Waals surface area contributed by atoms with Crippen LogP contribution in [0.4, 0.5) is 27.6 Å². The van der Waals surface area contributed by atoms with Crippen LogP contribution >= 0.6 is 0 Å². The second-order valence-electron chi connectivity index (χ2n) is 6.38. The number of hydrogen-bond donors (Lipinski definition) is 2. The number of hydrogen-bond acceptors (Lipinski definition) is 4. The summed E-state index contributed by atoms with van der Waals surface area (Å²) >= 11 is 0. The Balaban J connectivity index is 1.99. The molecule has 1 aromatic rings. The van der Waals surface area contributed by atoms with Crippen molar-refractivity contribution < 1.29 is 41.1 Å². The molecule has 2 atom stereocenters. The number of anilines is 1. The molecule has 1 aromatic carbocycles. The Hall–Kier alpha value is -2.92. The van der Waals surface area contributed by atoms with Crippen LogP contribution in [0.3, 0.4) is 0 Å². The average molecular weight is 423 g/mol. The average Bonchev–Trinajstić information content (AvgIpc) is 2.77. The number of nitrogens with one attached hydrogen (secondary N) is 2. The van der Waals surface area contributed by atoms with Crippen molar-refractivity contribution in [3.63, 3.8) is 0 Å². The van der Waals surface area contributed by atoms with Crippen molar-refractivity contribution in [1.82, 2.24) is 10.6 Å². The predicted molar refractivity (Wildman–Crippen MR) is 90.5 cm³/mol. The first-order chi connectivity index (χ1) is 13.3. The number of halogens is 5. The molecule has 0 spiro atoms. The van der Waals surface area contributed by atoms with Crippen LogP contribution in [0.1, 0.15) is 6.92 Å². The molecule has 160 valence electrons. The highest BCUT2D eigenvalue weighted by Crippen LogP contribution is 2.34. The summed E-state index contributed by atoms with van der Waals surface area (Å²) in [4.78, 5) is 37.7. The Morgan fingerprint density at radius 1 is 1.21 bits per heavy atom. The Kier molecular flexibility index (Phi) is 6.34. The van der Waals surface area contributed by atoms with Crippen molar-refractivity contribution in [2.45, 2.75) is 25.1 Å². The molecule has 1 aliphatic rings. The maximum Gasteiger partial charge on any atom is 0.455 e. The van der Waals surface area contributed by atoms with E-state index >= 15 is 0 Å². The summed E-state index contributed by atoms with van der Waals surface area (Å²) in [6.45, 7) is -1.25. The number of alkyl halides is 5. The van der Waals surface area contributed by atoms with Gasteiger partial charge in [-0.15, -0.1) is 0 Å². The van der Waals surface area contributed by atoms with Crippen LogP contribution < -0.4 is 20.3 Å². The lowest BCUT2D eigenvalue weighted by Crippen LogP contribution is -2.53. The van der Waals surface area contributed by atoms with Crippen molar-refractivity contribution >= 4 is 23.4 Å². The Morgan fingerprint density at radius 3 is 2.45 bits per heavy atom. The molecule has 2 unspecified atom stereocenters. The summed E-state index contributed by atoms with van der Waals surface area (Å²) in [5.74, 6) is -9.30. The van der Waals surface area contributed by atoms with Crippen molar-refractivity contribution in [2.75, 3.05) is 25.1 Å². The summed E-state index contributed by atoms with van der Waals surface area (Å²) in [6, 6.07) is 5.40. The van der Waals surface area contributed by atoms with Gasteiger partial charge in [0.05, 0.1) is 12.2 Å². The molecule has 0 bridgehead atoms. The molecule has 2 rings (SSSR count). The molecule has 0 aliphatic carbocycles. The molecule has 0 aromatic heterocycles. The van der Waals surface area contributed by atoms with Gasteiger partial charge in [0.15, 0.2) is 0 Å². The quantitative estimate of drug-likeness (QED) is 0.555. The number of amides is 3. The second kappa shape index (κ2) is 8.21. The van der Waals surface area contributed by atoms with Crippen LogP contribution in [0.15, 0.2) is 24.3 Å². The zero-order chi connectivity index (χ0) is 22.0. The van der Waals surface area contributed by atoms with E-state index in [-0.39, 0.29) is 6.61 Å². The van der Waals surface area contributed by atoms with Crippen molar-refractivity contribution in [1.29, 1.82) is 0 Å². The Bertz CT molecular complexity index is 800. The van der Waals surface area contributed by atoms with Gasteiger partial charge in [-0.25, -0.2) is 0 Å². The Labute approximate surface area is 162 Å². The SMILES string of the molecule is CC(C(=O)NCC(F)(F)C(F)(F)F)C(=O)NC1COc2ccccc2N(C)C1=O. The molecular weight excluding hydrogens is 405 g/mol. The van der Waals surface area contributed by atoms with Crippen LogP contribution in [0.25, 0.3) is 0 Å². The van der Waals surface area contributed by atoms with Gasteiger partial charge in [0.25, 0.3) is 5.91 Å². The van der Waals surface area contributed by atoms with E-state index in [1.807, 2.05) is 0 Å². The first-order valence-electron chi connectivity index (χ1n) is 8.37. The third-order valence-electron chi connectivity index (χ3n) is 4.26. The number of nitrogens with zero attached hydrogens (tertiary/aromatic N) is 1. The van der Waals surface area contributed by atoms with E-state index in [0.717, 1.165) is 6.92 Å². The molecule has 3 amide bonds. The lowest BCUT2D eigenvalue weighted by atomic mass is 10.1. The van der Waals surface area contributed by atoms with E-state index in [0.29, 0.717) is 11.4 Å². The number of carbonyl (C=O) groups is 3. The van der Waals surface area contributed by atoms with Crippen molar-refractivity contribution in [3.8, 4) is 5.75 Å².